The van der Waals surface area contributed by atoms with Crippen LogP contribution in [0, 0.1) is 5.92 Å². The molecule has 0 aliphatic carbocycles. The average molecular weight is 537 g/mol. The van der Waals surface area contributed by atoms with Crippen LogP contribution in [0.25, 0.3) is 11.3 Å². The van der Waals surface area contributed by atoms with Gasteiger partial charge in [-0.25, -0.2) is 4.79 Å². The second-order valence-electron chi connectivity index (χ2n) is 9.54. The molecule has 3 aromatic rings. The van der Waals surface area contributed by atoms with Crippen molar-refractivity contribution in [3.8, 4) is 11.3 Å². The summed E-state index contributed by atoms with van der Waals surface area (Å²) < 4.78 is 3.87. The summed E-state index contributed by atoms with van der Waals surface area (Å²) in [4.78, 5) is 37.9. The lowest BCUT2D eigenvalue weighted by Gasteiger charge is -2.24. The second kappa shape index (κ2) is 14.9. The molecule has 0 spiro atoms. The van der Waals surface area contributed by atoms with Gasteiger partial charge in [0.1, 0.15) is 5.69 Å². The predicted octanol–water partition coefficient (Wildman–Crippen LogP) is 3.67. The highest BCUT2D eigenvalue weighted by Crippen LogP contribution is 2.18. The van der Waals surface area contributed by atoms with Crippen LogP contribution in [0.3, 0.4) is 0 Å². The predicted molar refractivity (Wildman–Crippen MR) is 149 cm³/mol. The van der Waals surface area contributed by atoms with Crippen LogP contribution >= 0.6 is 11.5 Å². The number of amides is 3. The lowest BCUT2D eigenvalue weighted by Crippen LogP contribution is -2.51. The fourth-order valence-corrected chi connectivity index (χ4v) is 4.46. The third kappa shape index (κ3) is 9.35. The third-order valence-corrected chi connectivity index (χ3v) is 6.51. The van der Waals surface area contributed by atoms with Gasteiger partial charge in [0.15, 0.2) is 0 Å². The van der Waals surface area contributed by atoms with Crippen molar-refractivity contribution in [3.05, 3.63) is 71.1 Å². The molecule has 1 unspecified atom stereocenters. The van der Waals surface area contributed by atoms with Crippen LogP contribution in [0.5, 0.6) is 0 Å². The Labute approximate surface area is 228 Å². The minimum atomic E-state index is -0.640. The number of benzene rings is 2. The van der Waals surface area contributed by atoms with Crippen molar-refractivity contribution >= 4 is 29.3 Å². The van der Waals surface area contributed by atoms with E-state index < -0.39 is 17.7 Å². The van der Waals surface area contributed by atoms with E-state index in [9.17, 15) is 14.4 Å². The Kier molecular flexibility index (Phi) is 11.4. The summed E-state index contributed by atoms with van der Waals surface area (Å²) in [6.45, 7) is 7.05. The normalized spacial score (nSPS) is 12.5. The van der Waals surface area contributed by atoms with Gasteiger partial charge in [0.05, 0.1) is 6.04 Å². The zero-order chi connectivity index (χ0) is 27.3. The number of hydrogen-bond acceptors (Lipinski definition) is 7. The van der Waals surface area contributed by atoms with Crippen LogP contribution in [-0.2, 0) is 22.7 Å². The van der Waals surface area contributed by atoms with Gasteiger partial charge in [0, 0.05) is 36.6 Å². The Morgan fingerprint density at radius 1 is 0.921 bits per heavy atom. The Hall–Kier alpha value is -3.63. The highest BCUT2D eigenvalue weighted by atomic mass is 32.1. The zero-order valence-electron chi connectivity index (χ0n) is 22.1. The Balaban J connectivity index is 1.47. The summed E-state index contributed by atoms with van der Waals surface area (Å²) in [5, 5.41) is 17.7. The van der Waals surface area contributed by atoms with Crippen LogP contribution in [0.1, 0.15) is 44.7 Å². The molecule has 9 nitrogen and oxygen atoms in total. The number of urea groups is 1. The molecule has 0 saturated carbocycles. The number of ketones is 1. The number of nitrogens with zero attached hydrogens (tertiary/aromatic N) is 2. The highest BCUT2D eigenvalue weighted by Gasteiger charge is 2.25. The number of rotatable bonds is 14. The smallest absolute Gasteiger partial charge is 0.315 e. The maximum Gasteiger partial charge on any atom is 0.315 e. The first-order valence-electron chi connectivity index (χ1n) is 12.9. The number of hydrogen-bond donors (Lipinski definition) is 4. The molecule has 38 heavy (non-hydrogen) atoms. The first-order chi connectivity index (χ1) is 18.4. The Morgan fingerprint density at radius 2 is 1.61 bits per heavy atom. The topological polar surface area (TPSA) is 125 Å². The fraction of sp³-hybridized carbons (Fsp3) is 0.393. The van der Waals surface area contributed by atoms with Crippen molar-refractivity contribution in [2.45, 2.75) is 58.8 Å². The van der Waals surface area contributed by atoms with E-state index in [1.165, 1.54) is 11.5 Å². The van der Waals surface area contributed by atoms with Gasteiger partial charge in [-0.3, -0.25) is 9.59 Å². The van der Waals surface area contributed by atoms with Gasteiger partial charge in [0.25, 0.3) is 5.91 Å². The minimum absolute atomic E-state index is 0.192. The standard InChI is InChI=1S/C28H36N6O3S/c1-4-24(26(35)27(36)30-15-21-10-12-22(13-11-21)25-18-38-34-33-25)29-17-23(14-19(2)3)32-28(37)31-16-20-8-6-5-7-9-20/h5-13,18-19,23-24,29H,4,14-17H2,1-3H3,(H,30,36)(H2,31,32,37)/t23-,24?/m0/s1. The van der Waals surface area contributed by atoms with Crippen molar-refractivity contribution in [3.63, 3.8) is 0 Å². The molecule has 10 heteroatoms. The van der Waals surface area contributed by atoms with Gasteiger partial charge in [0.2, 0.25) is 5.78 Å². The molecule has 1 aromatic heterocycles. The second-order valence-corrected chi connectivity index (χ2v) is 10.2. The number of nitrogens with one attached hydrogen (secondary N) is 4. The number of Topliss-reactive ketones (excluding diaryl/α,β-unsaturated/α-hetero) is 1. The van der Waals surface area contributed by atoms with Crippen molar-refractivity contribution < 1.29 is 14.4 Å². The first kappa shape index (κ1) is 28.9. The molecule has 3 rings (SSSR count). The van der Waals surface area contributed by atoms with Crippen LogP contribution in [0.4, 0.5) is 4.79 Å². The van der Waals surface area contributed by atoms with Gasteiger partial charge < -0.3 is 21.3 Å². The van der Waals surface area contributed by atoms with Crippen molar-refractivity contribution in [1.82, 2.24) is 30.9 Å². The summed E-state index contributed by atoms with van der Waals surface area (Å²) in [6.07, 6.45) is 1.19. The molecule has 0 radical (unpaired) electrons. The molecule has 2 aromatic carbocycles. The number of aromatic nitrogens is 2. The van der Waals surface area contributed by atoms with E-state index in [0.717, 1.165) is 28.8 Å². The molecule has 4 N–H and O–H groups in total. The van der Waals surface area contributed by atoms with Gasteiger partial charge in [-0.2, -0.15) is 0 Å². The monoisotopic (exact) mass is 536 g/mol. The van der Waals surface area contributed by atoms with Gasteiger partial charge in [-0.05, 0) is 41.4 Å². The van der Waals surface area contributed by atoms with Gasteiger partial charge in [-0.15, -0.1) is 5.10 Å². The molecule has 0 bridgehead atoms. The molecular formula is C28H36N6O3S. The fourth-order valence-electron chi connectivity index (χ4n) is 4.00. The summed E-state index contributed by atoms with van der Waals surface area (Å²) >= 11 is 1.29. The molecule has 3 amide bonds. The van der Waals surface area contributed by atoms with E-state index in [1.807, 2.05) is 66.9 Å². The SMILES string of the molecule is CCC(NC[C@H](CC(C)C)NC(=O)NCc1ccccc1)C(=O)C(=O)NCc1ccc(-c2csnn2)cc1. The summed E-state index contributed by atoms with van der Waals surface area (Å²) in [6, 6.07) is 16.2. The van der Waals surface area contributed by atoms with E-state index in [2.05, 4.69) is 44.7 Å². The lowest BCUT2D eigenvalue weighted by atomic mass is 10.0. The molecule has 0 saturated heterocycles. The molecule has 2 atom stereocenters. The van der Waals surface area contributed by atoms with E-state index in [0.29, 0.717) is 25.4 Å². The Bertz CT molecular complexity index is 1150. The summed E-state index contributed by atoms with van der Waals surface area (Å²) in [5.41, 5.74) is 3.63. The maximum absolute atomic E-state index is 12.8. The molecule has 1 heterocycles. The molecule has 0 fully saturated rings. The number of carbonyl (C=O) groups is 3. The quantitative estimate of drug-likeness (QED) is 0.233. The van der Waals surface area contributed by atoms with E-state index in [4.69, 9.17) is 0 Å². The maximum atomic E-state index is 12.8. The minimum Gasteiger partial charge on any atom is -0.345 e. The zero-order valence-corrected chi connectivity index (χ0v) is 22.9. The van der Waals surface area contributed by atoms with Crippen molar-refractivity contribution in [1.29, 1.82) is 0 Å². The molecule has 202 valence electrons. The van der Waals surface area contributed by atoms with Gasteiger partial charge in [-0.1, -0.05) is 79.9 Å². The summed E-state index contributed by atoms with van der Waals surface area (Å²) in [7, 11) is 0. The number of carbonyl (C=O) groups excluding carboxylic acids is 3. The Morgan fingerprint density at radius 3 is 2.24 bits per heavy atom. The molecule has 0 aliphatic rings. The average Bonchev–Trinajstić information content (AvgIpc) is 3.46. The van der Waals surface area contributed by atoms with E-state index in [-0.39, 0.29) is 18.6 Å². The van der Waals surface area contributed by atoms with Crippen molar-refractivity contribution in [2.75, 3.05) is 6.54 Å². The summed E-state index contributed by atoms with van der Waals surface area (Å²) in [5.74, 6) is -0.811. The van der Waals surface area contributed by atoms with E-state index >= 15 is 0 Å². The van der Waals surface area contributed by atoms with Crippen LogP contribution in [0.15, 0.2) is 60.0 Å². The first-order valence-corrected chi connectivity index (χ1v) is 13.7. The molecular weight excluding hydrogens is 500 g/mol. The molecule has 0 aliphatic heterocycles. The van der Waals surface area contributed by atoms with Crippen LogP contribution < -0.4 is 21.3 Å². The van der Waals surface area contributed by atoms with Gasteiger partial charge >= 0.3 is 6.03 Å². The lowest BCUT2D eigenvalue weighted by molar-refractivity contribution is -0.139. The van der Waals surface area contributed by atoms with Crippen LogP contribution in [-0.4, -0.2) is 45.9 Å². The van der Waals surface area contributed by atoms with E-state index in [1.54, 1.807) is 0 Å². The largest absolute Gasteiger partial charge is 0.345 e. The van der Waals surface area contributed by atoms with Crippen molar-refractivity contribution in [2.24, 2.45) is 5.92 Å². The third-order valence-electron chi connectivity index (χ3n) is 6.01. The highest BCUT2D eigenvalue weighted by molar-refractivity contribution is 7.03. The van der Waals surface area contributed by atoms with Crippen LogP contribution in [0.2, 0.25) is 0 Å².